The molecule has 0 spiro atoms. The van der Waals surface area contributed by atoms with Crippen LogP contribution in [0.3, 0.4) is 0 Å². The van der Waals surface area contributed by atoms with Crippen molar-refractivity contribution < 1.29 is 14.1 Å². The molecule has 3 rings (SSSR count). The van der Waals surface area contributed by atoms with E-state index in [1.54, 1.807) is 13.2 Å². The highest BCUT2D eigenvalue weighted by Gasteiger charge is 2.27. The van der Waals surface area contributed by atoms with Gasteiger partial charge in [0.05, 0.1) is 12.8 Å². The minimum atomic E-state index is -0.0456. The number of para-hydroxylation sites is 1. The number of aromatic nitrogens is 1. The fourth-order valence-electron chi connectivity index (χ4n) is 4.01. The Balaban J connectivity index is 1.56. The number of nitrogens with zero attached hydrogens (tertiary/aromatic N) is 3. The first-order valence-electron chi connectivity index (χ1n) is 10.5. The lowest BCUT2D eigenvalue weighted by Gasteiger charge is -2.35. The summed E-state index contributed by atoms with van der Waals surface area (Å²) < 4.78 is 10.7. The van der Waals surface area contributed by atoms with Crippen molar-refractivity contribution in [1.82, 2.24) is 15.0 Å². The van der Waals surface area contributed by atoms with Gasteiger partial charge in [0.25, 0.3) is 5.91 Å². The molecule has 0 N–H and O–H groups in total. The lowest BCUT2D eigenvalue weighted by molar-refractivity contribution is 0.0623. The van der Waals surface area contributed by atoms with Crippen molar-refractivity contribution >= 4 is 5.91 Å². The highest BCUT2D eigenvalue weighted by Crippen LogP contribution is 2.24. The van der Waals surface area contributed by atoms with Crippen LogP contribution >= 0.6 is 0 Å². The number of methoxy groups -OCH3 is 1. The van der Waals surface area contributed by atoms with Crippen LogP contribution in [0, 0.1) is 18.8 Å². The molecule has 0 aliphatic carbocycles. The summed E-state index contributed by atoms with van der Waals surface area (Å²) in [6, 6.07) is 9.94. The summed E-state index contributed by atoms with van der Waals surface area (Å²) in [5.41, 5.74) is 1.97. The number of carbonyl (C=O) groups excluding carboxylic acids is 1. The Labute approximate surface area is 173 Å². The zero-order valence-corrected chi connectivity index (χ0v) is 18.1. The molecule has 0 atom stereocenters. The highest BCUT2D eigenvalue weighted by atomic mass is 16.5. The van der Waals surface area contributed by atoms with Crippen LogP contribution in [0.2, 0.25) is 0 Å². The van der Waals surface area contributed by atoms with Gasteiger partial charge in [0.2, 0.25) is 5.76 Å². The molecule has 1 fully saturated rings. The van der Waals surface area contributed by atoms with E-state index in [1.807, 2.05) is 24.0 Å². The second-order valence-electron chi connectivity index (χ2n) is 8.47. The summed E-state index contributed by atoms with van der Waals surface area (Å²) in [5.74, 6) is 2.17. The molecule has 0 unspecified atom stereocenters. The van der Waals surface area contributed by atoms with Crippen molar-refractivity contribution in [3.8, 4) is 5.75 Å². The molecule has 2 aromatic rings. The number of amides is 1. The number of hydrogen-bond donors (Lipinski definition) is 0. The van der Waals surface area contributed by atoms with Crippen molar-refractivity contribution in [2.24, 2.45) is 11.8 Å². The predicted octanol–water partition coefficient (Wildman–Crippen LogP) is 4.00. The van der Waals surface area contributed by atoms with Gasteiger partial charge in [-0.25, -0.2) is 0 Å². The smallest absolute Gasteiger partial charge is 0.292 e. The van der Waals surface area contributed by atoms with Crippen molar-refractivity contribution in [2.45, 2.75) is 40.2 Å². The molecule has 29 heavy (non-hydrogen) atoms. The first-order valence-corrected chi connectivity index (χ1v) is 10.5. The molecule has 1 aromatic carbocycles. The molecule has 1 aliphatic heterocycles. The summed E-state index contributed by atoms with van der Waals surface area (Å²) in [6.45, 7) is 10.6. The van der Waals surface area contributed by atoms with Crippen molar-refractivity contribution in [1.29, 1.82) is 0 Å². The third-order valence-electron chi connectivity index (χ3n) is 5.48. The minimum absolute atomic E-state index is 0.0456. The fourth-order valence-corrected chi connectivity index (χ4v) is 4.01. The summed E-state index contributed by atoms with van der Waals surface area (Å²) in [6.07, 6.45) is 2.18. The number of hydrogen-bond acceptors (Lipinski definition) is 5. The molecular weight excluding hydrogens is 366 g/mol. The molecule has 0 saturated carbocycles. The Bertz CT molecular complexity index is 794. The number of piperidine rings is 1. The first-order chi connectivity index (χ1) is 14.0. The van der Waals surface area contributed by atoms with Crippen molar-refractivity contribution in [3.05, 3.63) is 47.3 Å². The highest BCUT2D eigenvalue weighted by molar-refractivity contribution is 5.91. The minimum Gasteiger partial charge on any atom is -0.496 e. The van der Waals surface area contributed by atoms with Crippen LogP contribution in [-0.4, -0.2) is 54.2 Å². The maximum Gasteiger partial charge on any atom is 0.292 e. The fraction of sp³-hybridized carbons (Fsp3) is 0.565. The molecule has 1 saturated heterocycles. The van der Waals surface area contributed by atoms with Crippen LogP contribution in [0.15, 0.2) is 34.9 Å². The summed E-state index contributed by atoms with van der Waals surface area (Å²) in [7, 11) is 1.72. The van der Waals surface area contributed by atoms with Crippen LogP contribution in [0.5, 0.6) is 5.75 Å². The number of rotatable bonds is 8. The normalized spacial score (nSPS) is 15.6. The molecule has 6 nitrogen and oxygen atoms in total. The van der Waals surface area contributed by atoms with E-state index < -0.39 is 0 Å². The molecular formula is C23H33N3O3. The van der Waals surface area contributed by atoms with Crippen LogP contribution in [0.25, 0.3) is 0 Å². The van der Waals surface area contributed by atoms with Gasteiger partial charge in [-0.2, -0.15) is 0 Å². The Hall–Kier alpha value is -2.34. The summed E-state index contributed by atoms with van der Waals surface area (Å²) in [4.78, 5) is 17.3. The van der Waals surface area contributed by atoms with Gasteiger partial charge in [-0.15, -0.1) is 0 Å². The summed E-state index contributed by atoms with van der Waals surface area (Å²) in [5, 5.41) is 3.87. The molecule has 1 aromatic heterocycles. The van der Waals surface area contributed by atoms with Gasteiger partial charge in [0, 0.05) is 31.3 Å². The second kappa shape index (κ2) is 9.92. The maximum atomic E-state index is 12.9. The van der Waals surface area contributed by atoms with Crippen molar-refractivity contribution in [2.75, 3.05) is 33.3 Å². The number of carbonyl (C=O) groups is 1. The van der Waals surface area contributed by atoms with Gasteiger partial charge in [0.1, 0.15) is 5.75 Å². The zero-order valence-electron chi connectivity index (χ0n) is 18.1. The van der Waals surface area contributed by atoms with E-state index in [9.17, 15) is 4.79 Å². The van der Waals surface area contributed by atoms with Gasteiger partial charge in [-0.05, 0) is 50.8 Å². The molecule has 6 heteroatoms. The third-order valence-corrected chi connectivity index (χ3v) is 5.48. The molecule has 0 radical (unpaired) electrons. The average molecular weight is 400 g/mol. The van der Waals surface area contributed by atoms with Gasteiger partial charge >= 0.3 is 0 Å². The van der Waals surface area contributed by atoms with E-state index in [2.05, 4.69) is 36.0 Å². The lowest BCUT2D eigenvalue weighted by Crippen LogP contribution is -2.42. The molecule has 1 aliphatic rings. The third kappa shape index (κ3) is 5.82. The Morgan fingerprint density at radius 1 is 1.31 bits per heavy atom. The molecule has 158 valence electrons. The SMILES string of the molecule is COc1ccccc1CN1CCC(CN(CC(C)C)C(=O)c2cc(C)no2)CC1. The quantitative estimate of drug-likeness (QED) is 0.671. The second-order valence-corrected chi connectivity index (χ2v) is 8.47. The van der Waals surface area contributed by atoms with Crippen LogP contribution in [0.1, 0.15) is 48.5 Å². The van der Waals surface area contributed by atoms with Gasteiger partial charge in [-0.1, -0.05) is 37.2 Å². The standard InChI is InChI=1S/C23H33N3O3/c1-17(2)14-26(23(27)22-13-18(3)24-29-22)15-19-9-11-25(12-10-19)16-20-7-5-6-8-21(20)28-4/h5-8,13,17,19H,9-12,14-16H2,1-4H3. The van der Waals surface area contributed by atoms with E-state index in [-0.39, 0.29) is 5.91 Å². The zero-order chi connectivity index (χ0) is 20.8. The van der Waals surface area contributed by atoms with E-state index in [0.29, 0.717) is 17.6 Å². The van der Waals surface area contributed by atoms with Crippen LogP contribution in [-0.2, 0) is 6.54 Å². The number of aryl methyl sites for hydroxylation is 1. The number of ether oxygens (including phenoxy) is 1. The van der Waals surface area contributed by atoms with E-state index in [4.69, 9.17) is 9.26 Å². The van der Waals surface area contributed by atoms with E-state index in [1.165, 1.54) is 5.56 Å². The first kappa shape index (κ1) is 21.4. The average Bonchev–Trinajstić information content (AvgIpc) is 3.15. The number of benzene rings is 1. The van der Waals surface area contributed by atoms with Crippen LogP contribution in [0.4, 0.5) is 0 Å². The topological polar surface area (TPSA) is 58.8 Å². The lowest BCUT2D eigenvalue weighted by atomic mass is 9.95. The molecule has 1 amide bonds. The van der Waals surface area contributed by atoms with E-state index in [0.717, 1.165) is 57.0 Å². The Morgan fingerprint density at radius 3 is 2.66 bits per heavy atom. The largest absolute Gasteiger partial charge is 0.496 e. The van der Waals surface area contributed by atoms with Gasteiger partial charge < -0.3 is 14.2 Å². The van der Waals surface area contributed by atoms with Crippen molar-refractivity contribution in [3.63, 3.8) is 0 Å². The maximum absolute atomic E-state index is 12.9. The molecule has 2 heterocycles. The van der Waals surface area contributed by atoms with E-state index >= 15 is 0 Å². The van der Waals surface area contributed by atoms with Gasteiger partial charge in [0.15, 0.2) is 0 Å². The predicted molar refractivity (Wildman–Crippen MR) is 113 cm³/mol. The summed E-state index contributed by atoms with van der Waals surface area (Å²) >= 11 is 0. The number of likely N-dealkylation sites (tertiary alicyclic amines) is 1. The van der Waals surface area contributed by atoms with Gasteiger partial charge in [-0.3, -0.25) is 9.69 Å². The van der Waals surface area contributed by atoms with Crippen LogP contribution < -0.4 is 4.74 Å². The Morgan fingerprint density at radius 2 is 2.03 bits per heavy atom. The molecule has 0 bridgehead atoms. The monoisotopic (exact) mass is 399 g/mol. The Kier molecular flexibility index (Phi) is 7.31.